The fourth-order valence-corrected chi connectivity index (χ4v) is 2.20. The van der Waals surface area contributed by atoms with Crippen molar-refractivity contribution in [3.05, 3.63) is 0 Å². The van der Waals surface area contributed by atoms with Gasteiger partial charge in [-0.2, -0.15) is 0 Å². The lowest BCUT2D eigenvalue weighted by molar-refractivity contribution is -0.129. The zero-order valence-corrected chi connectivity index (χ0v) is 11.8. The Morgan fingerprint density at radius 1 is 1.41 bits per heavy atom. The standard InChI is InChI=1S/C12H23N3OS/c1-12(11(13)17)5-8-15(9-6-12)7-4-10(16)14(2)3/h4-9H2,1-3H3,(H2,13,17). The highest BCUT2D eigenvalue weighted by atomic mass is 32.1. The van der Waals surface area contributed by atoms with E-state index in [9.17, 15) is 4.79 Å². The summed E-state index contributed by atoms with van der Waals surface area (Å²) in [5.41, 5.74) is 5.77. The minimum atomic E-state index is 0.0113. The van der Waals surface area contributed by atoms with Crippen molar-refractivity contribution in [2.45, 2.75) is 26.2 Å². The van der Waals surface area contributed by atoms with Crippen LogP contribution in [0.25, 0.3) is 0 Å². The molecule has 98 valence electrons. The van der Waals surface area contributed by atoms with Crippen molar-refractivity contribution >= 4 is 23.1 Å². The Labute approximate surface area is 109 Å². The molecule has 0 aromatic rings. The van der Waals surface area contributed by atoms with E-state index in [0.29, 0.717) is 11.4 Å². The van der Waals surface area contributed by atoms with Gasteiger partial charge in [-0.1, -0.05) is 19.1 Å². The van der Waals surface area contributed by atoms with Gasteiger partial charge in [0, 0.05) is 32.5 Å². The molecule has 1 amide bonds. The Bertz CT molecular complexity index is 296. The monoisotopic (exact) mass is 257 g/mol. The number of likely N-dealkylation sites (tertiary alicyclic amines) is 1. The zero-order chi connectivity index (χ0) is 13.1. The van der Waals surface area contributed by atoms with Crippen LogP contribution in [0.5, 0.6) is 0 Å². The van der Waals surface area contributed by atoms with Crippen LogP contribution in [0.3, 0.4) is 0 Å². The number of carbonyl (C=O) groups excluding carboxylic acids is 1. The predicted molar refractivity (Wildman–Crippen MR) is 73.9 cm³/mol. The van der Waals surface area contributed by atoms with Crippen LogP contribution in [0.15, 0.2) is 0 Å². The lowest BCUT2D eigenvalue weighted by Crippen LogP contribution is -2.45. The maximum atomic E-state index is 11.5. The summed E-state index contributed by atoms with van der Waals surface area (Å²) in [6, 6.07) is 0. The third-order valence-electron chi connectivity index (χ3n) is 3.70. The fourth-order valence-electron chi connectivity index (χ4n) is 1.99. The minimum Gasteiger partial charge on any atom is -0.393 e. The van der Waals surface area contributed by atoms with Crippen LogP contribution in [-0.2, 0) is 4.79 Å². The normalized spacial score (nSPS) is 19.9. The van der Waals surface area contributed by atoms with E-state index in [1.807, 2.05) is 0 Å². The molecule has 2 N–H and O–H groups in total. The van der Waals surface area contributed by atoms with E-state index in [-0.39, 0.29) is 11.3 Å². The van der Waals surface area contributed by atoms with E-state index in [1.165, 1.54) is 0 Å². The van der Waals surface area contributed by atoms with Crippen LogP contribution < -0.4 is 5.73 Å². The minimum absolute atomic E-state index is 0.0113. The third kappa shape index (κ3) is 3.92. The number of nitrogens with two attached hydrogens (primary N) is 1. The second kappa shape index (κ2) is 5.78. The summed E-state index contributed by atoms with van der Waals surface area (Å²) in [6.45, 7) is 4.94. The van der Waals surface area contributed by atoms with E-state index in [0.717, 1.165) is 32.5 Å². The van der Waals surface area contributed by atoms with Crippen molar-refractivity contribution in [2.75, 3.05) is 33.7 Å². The molecule has 1 rings (SSSR count). The van der Waals surface area contributed by atoms with Gasteiger partial charge in [0.15, 0.2) is 0 Å². The second-order valence-electron chi connectivity index (χ2n) is 5.30. The molecule has 1 fully saturated rings. The van der Waals surface area contributed by atoms with Gasteiger partial charge in [0.05, 0.1) is 4.99 Å². The second-order valence-corrected chi connectivity index (χ2v) is 5.74. The van der Waals surface area contributed by atoms with Gasteiger partial charge in [-0.15, -0.1) is 0 Å². The van der Waals surface area contributed by atoms with Crippen molar-refractivity contribution in [3.63, 3.8) is 0 Å². The summed E-state index contributed by atoms with van der Waals surface area (Å²) >= 11 is 5.11. The summed E-state index contributed by atoms with van der Waals surface area (Å²) in [5, 5.41) is 0. The number of rotatable bonds is 4. The summed E-state index contributed by atoms with van der Waals surface area (Å²) in [7, 11) is 3.59. The number of carbonyl (C=O) groups is 1. The lowest BCUT2D eigenvalue weighted by atomic mass is 9.80. The molecule has 0 aromatic carbocycles. The van der Waals surface area contributed by atoms with Crippen molar-refractivity contribution in [1.29, 1.82) is 0 Å². The van der Waals surface area contributed by atoms with Gasteiger partial charge in [0.25, 0.3) is 0 Å². The van der Waals surface area contributed by atoms with E-state index in [4.69, 9.17) is 18.0 Å². The summed E-state index contributed by atoms with van der Waals surface area (Å²) < 4.78 is 0. The average molecular weight is 257 g/mol. The van der Waals surface area contributed by atoms with Crippen LogP contribution >= 0.6 is 12.2 Å². The van der Waals surface area contributed by atoms with E-state index < -0.39 is 0 Å². The van der Waals surface area contributed by atoms with Crippen molar-refractivity contribution in [2.24, 2.45) is 11.1 Å². The molecule has 1 aliphatic rings. The van der Waals surface area contributed by atoms with Gasteiger partial charge in [0.2, 0.25) is 5.91 Å². The van der Waals surface area contributed by atoms with Crippen LogP contribution in [0, 0.1) is 5.41 Å². The van der Waals surface area contributed by atoms with Gasteiger partial charge in [0.1, 0.15) is 0 Å². The zero-order valence-electron chi connectivity index (χ0n) is 11.0. The molecule has 1 heterocycles. The van der Waals surface area contributed by atoms with Crippen LogP contribution in [0.2, 0.25) is 0 Å². The Morgan fingerprint density at radius 3 is 2.35 bits per heavy atom. The molecule has 17 heavy (non-hydrogen) atoms. The molecular weight excluding hydrogens is 234 g/mol. The molecule has 0 atom stereocenters. The van der Waals surface area contributed by atoms with Gasteiger partial charge in [-0.25, -0.2) is 0 Å². The molecule has 0 aliphatic carbocycles. The van der Waals surface area contributed by atoms with Crippen molar-refractivity contribution < 1.29 is 4.79 Å². The quantitative estimate of drug-likeness (QED) is 0.759. The highest BCUT2D eigenvalue weighted by Crippen LogP contribution is 2.31. The van der Waals surface area contributed by atoms with Crippen LogP contribution in [0.4, 0.5) is 0 Å². The van der Waals surface area contributed by atoms with Crippen molar-refractivity contribution in [3.8, 4) is 0 Å². The predicted octanol–water partition coefficient (Wildman–Crippen LogP) is 0.853. The van der Waals surface area contributed by atoms with Crippen LogP contribution in [-0.4, -0.2) is 54.4 Å². The number of thiocarbonyl (C=S) groups is 1. The number of piperidine rings is 1. The average Bonchev–Trinajstić information content (AvgIpc) is 2.27. The van der Waals surface area contributed by atoms with Gasteiger partial charge < -0.3 is 15.5 Å². The summed E-state index contributed by atoms with van der Waals surface area (Å²) in [5.74, 6) is 0.188. The lowest BCUT2D eigenvalue weighted by Gasteiger charge is -2.38. The molecule has 4 nitrogen and oxygen atoms in total. The number of amides is 1. The largest absolute Gasteiger partial charge is 0.393 e. The Hall–Kier alpha value is -0.680. The first-order chi connectivity index (χ1) is 7.85. The highest BCUT2D eigenvalue weighted by molar-refractivity contribution is 7.80. The number of nitrogens with zero attached hydrogens (tertiary/aromatic N) is 2. The molecule has 0 spiro atoms. The number of hydrogen-bond donors (Lipinski definition) is 1. The van der Waals surface area contributed by atoms with Crippen LogP contribution in [0.1, 0.15) is 26.2 Å². The molecular formula is C12H23N3OS. The first-order valence-electron chi connectivity index (χ1n) is 6.07. The van der Waals surface area contributed by atoms with E-state index in [1.54, 1.807) is 19.0 Å². The smallest absolute Gasteiger partial charge is 0.223 e. The molecule has 0 radical (unpaired) electrons. The first kappa shape index (κ1) is 14.4. The van der Waals surface area contributed by atoms with Gasteiger partial charge >= 0.3 is 0 Å². The Morgan fingerprint density at radius 2 is 1.94 bits per heavy atom. The molecule has 0 bridgehead atoms. The van der Waals surface area contributed by atoms with Gasteiger partial charge in [-0.3, -0.25) is 4.79 Å². The SMILES string of the molecule is CN(C)C(=O)CCN1CCC(C)(C(N)=S)CC1. The molecule has 5 heteroatoms. The Kier molecular flexibility index (Phi) is 4.89. The first-order valence-corrected chi connectivity index (χ1v) is 6.48. The van der Waals surface area contributed by atoms with Crippen molar-refractivity contribution in [1.82, 2.24) is 9.80 Å². The maximum absolute atomic E-state index is 11.5. The summed E-state index contributed by atoms with van der Waals surface area (Å²) in [6.07, 6.45) is 2.59. The molecule has 1 saturated heterocycles. The summed E-state index contributed by atoms with van der Waals surface area (Å²) in [4.78, 5) is 16.1. The molecule has 0 unspecified atom stereocenters. The van der Waals surface area contributed by atoms with E-state index >= 15 is 0 Å². The Balaban J connectivity index is 2.33. The third-order valence-corrected chi connectivity index (χ3v) is 4.19. The topological polar surface area (TPSA) is 49.6 Å². The molecule has 0 aromatic heterocycles. The maximum Gasteiger partial charge on any atom is 0.223 e. The highest BCUT2D eigenvalue weighted by Gasteiger charge is 2.32. The van der Waals surface area contributed by atoms with E-state index in [2.05, 4.69) is 11.8 Å². The number of hydrogen-bond acceptors (Lipinski definition) is 3. The fraction of sp³-hybridized carbons (Fsp3) is 0.833. The van der Waals surface area contributed by atoms with Gasteiger partial charge in [-0.05, 0) is 25.9 Å². The molecule has 1 aliphatic heterocycles. The molecule has 0 saturated carbocycles.